The van der Waals surface area contributed by atoms with Crippen LogP contribution in [0.3, 0.4) is 0 Å². The number of para-hydroxylation sites is 1. The highest BCUT2D eigenvalue weighted by Gasteiger charge is 2.26. The largest absolute Gasteiger partial charge is 0.456 e. The zero-order chi connectivity index (χ0) is 122. The van der Waals surface area contributed by atoms with Crippen LogP contribution in [0.4, 0.5) is 0 Å². The molecule has 0 bridgehead atoms. The van der Waals surface area contributed by atoms with Crippen LogP contribution in [-0.4, -0.2) is 0 Å². The quantitative estimate of drug-likeness (QED) is 0.135. The van der Waals surface area contributed by atoms with Crippen LogP contribution < -0.4 is 0 Å². The Bertz CT molecular complexity index is 8720. The van der Waals surface area contributed by atoms with E-state index in [2.05, 4.69) is 461 Å². The summed E-state index contributed by atoms with van der Waals surface area (Å²) in [6.45, 7) is 0. The first kappa shape index (κ1) is 64.3. The minimum Gasteiger partial charge on any atom is -0.456 e. The van der Waals surface area contributed by atoms with E-state index >= 15 is 0 Å². The van der Waals surface area contributed by atoms with Crippen molar-refractivity contribution in [3.8, 4) is 100 Å². The summed E-state index contributed by atoms with van der Waals surface area (Å²) in [4.78, 5) is 0. The van der Waals surface area contributed by atoms with Gasteiger partial charge in [0.2, 0.25) is 0 Å². The predicted octanol–water partition coefficient (Wildman–Crippen LogP) is 42.2. The Morgan fingerprint density at radius 3 is 0.901 bits per heavy atom. The van der Waals surface area contributed by atoms with Gasteiger partial charge in [-0.05, 0) is 229 Å². The molecular formula is C128H128O3. The van der Waals surface area contributed by atoms with E-state index in [0.717, 1.165) is 82.5 Å². The smallest absolute Gasteiger partial charge is 0.143 e. The minimum absolute atomic E-state index is 0.904. The van der Waals surface area contributed by atoms with Crippen molar-refractivity contribution >= 4 is 152 Å². The van der Waals surface area contributed by atoms with E-state index < -0.39 is 0 Å². The van der Waals surface area contributed by atoms with Crippen LogP contribution in [0, 0.1) is 0 Å². The van der Waals surface area contributed by atoms with Crippen molar-refractivity contribution in [1.29, 1.82) is 0 Å². The number of benzene rings is 23. The summed E-state index contributed by atoms with van der Waals surface area (Å²) in [5.41, 5.74) is 27.4. The maximum Gasteiger partial charge on any atom is 0.143 e. The van der Waals surface area contributed by atoms with Gasteiger partial charge < -0.3 is 13.3 Å². The van der Waals surface area contributed by atoms with Crippen molar-refractivity contribution in [2.45, 2.75) is 44.4 Å². The highest BCUT2D eigenvalue weighted by atomic mass is 16.3. The SMILES string of the molecule is [2H]C.[2H]C.[2H]C.[2H]C.[2H]C.[2H]C.[2H][2H].[2H][2H].[2H][2H].[2H][2H].[2H][2H].[2H][2H].[2H][2H].[2H][2H].[2H][2H].[2H][2H].[2H][2H].[2H][2H].[2H][2H].[2H][2H].c1ccc(-c2c3ccccc3c(-c3cccc4oc5c(-c6ccc7ccccc7c6)cccc5c34)c3ccccc23)cc1.c1ccc(-c2c3ccccc3c(-c3cccc4oc5cc(-c6cccc7ccccc67)ccc5c34)c3ccccc23)cc1.c1ccc(-c2ccc3oc4cccc(-c5c6ccccc6c(-c6ccccc6)c6ccccc56)c4c3c2)cc1. The first-order chi connectivity index (χ1) is 82.1. The third-order valence-corrected chi connectivity index (χ3v) is 25.6. The normalized spacial score (nSPS) is 12.3. The van der Waals surface area contributed by atoms with Crippen LogP contribution >= 0.6 is 0 Å². The van der Waals surface area contributed by atoms with Gasteiger partial charge in [0.25, 0.3) is 0 Å². The lowest BCUT2D eigenvalue weighted by Gasteiger charge is -2.18. The molecule has 0 aliphatic carbocycles. The summed E-state index contributed by atoms with van der Waals surface area (Å²) in [5, 5.41) is 26.8. The molecule has 0 saturated heterocycles. The lowest BCUT2D eigenvalue weighted by molar-refractivity contribution is 0.668. The van der Waals surface area contributed by atoms with Crippen molar-refractivity contribution in [3.05, 3.63) is 461 Å². The summed E-state index contributed by atoms with van der Waals surface area (Å²) in [6, 6.07) is 165. The second-order valence-electron chi connectivity index (χ2n) is 32.5. The van der Waals surface area contributed by atoms with Crippen molar-refractivity contribution in [2.75, 3.05) is 0 Å². The fraction of sp³-hybridized carbons (Fsp3) is 0.0469. The Labute approximate surface area is 817 Å². The van der Waals surface area contributed by atoms with Gasteiger partial charge in [-0.2, -0.15) is 0 Å². The number of rotatable bonds is 9. The van der Waals surface area contributed by atoms with E-state index in [-0.39, 0.29) is 0 Å². The topological polar surface area (TPSA) is 39.4 Å². The van der Waals surface area contributed by atoms with Crippen LogP contribution in [0.2, 0.25) is 0 Å². The van der Waals surface area contributed by atoms with Gasteiger partial charge >= 0.3 is 0 Å². The molecule has 26 rings (SSSR count). The number of hydrogen-bond acceptors (Lipinski definition) is 3. The van der Waals surface area contributed by atoms with Gasteiger partial charge in [-0.25, -0.2) is 0 Å². The highest BCUT2D eigenvalue weighted by molar-refractivity contribution is 6.30. The molecule has 23 aromatic carbocycles. The number of furan rings is 3. The van der Waals surface area contributed by atoms with Crippen LogP contribution in [0.5, 0.6) is 0 Å². The predicted molar refractivity (Wildman–Crippen MR) is 600 cm³/mol. The molecule has 0 saturated carbocycles. The average molecular weight is 1750 g/mol. The average Bonchev–Trinajstić information content (AvgIpc) is 1.70. The maximum atomic E-state index is 6.73. The molecule has 3 aromatic heterocycles. The zero-order valence-corrected chi connectivity index (χ0v) is 74.1. The maximum absolute atomic E-state index is 6.73. The minimum atomic E-state index is 0.904. The molecule has 26 aromatic rings. The molecule has 3 nitrogen and oxygen atoms in total. The molecule has 0 aliphatic heterocycles. The van der Waals surface area contributed by atoms with E-state index in [9.17, 15) is 0 Å². The van der Waals surface area contributed by atoms with Crippen molar-refractivity contribution in [2.24, 2.45) is 0 Å². The summed E-state index contributed by atoms with van der Waals surface area (Å²) in [5.74, 6) is 0. The molecule has 0 fully saturated rings. The molecule has 0 aliphatic rings. The van der Waals surface area contributed by atoms with Gasteiger partial charge in [0.1, 0.15) is 33.5 Å². The van der Waals surface area contributed by atoms with E-state index in [1.54, 1.807) is 0 Å². The Balaban J connectivity index is 0.000000445. The molecule has 0 atom stereocenters. The third kappa shape index (κ3) is 14.5. The first-order valence-electron chi connectivity index (χ1n) is 62.9. The lowest BCUT2D eigenvalue weighted by Crippen LogP contribution is -1.91. The summed E-state index contributed by atoms with van der Waals surface area (Å²) < 4.78 is 194. The molecule has 3 heteroatoms. The van der Waals surface area contributed by atoms with E-state index in [1.165, 1.54) is 214 Å². The van der Waals surface area contributed by atoms with E-state index in [0.29, 0.717) is 0 Å². The Morgan fingerprint density at radius 1 is 0.153 bits per heavy atom. The second-order valence-corrected chi connectivity index (χ2v) is 32.5. The first-order valence-corrected chi connectivity index (χ1v) is 42.9. The summed E-state index contributed by atoms with van der Waals surface area (Å²) in [6.07, 6.45) is 0. The van der Waals surface area contributed by atoms with Gasteiger partial charge in [-0.3, -0.25) is 0 Å². The van der Waals surface area contributed by atoms with E-state index in [1.807, 2.05) is 0 Å². The fourth-order valence-corrected chi connectivity index (χ4v) is 20.2. The Kier molecular flexibility index (Phi) is 17.6. The fourth-order valence-electron chi connectivity index (χ4n) is 20.2. The molecule has 0 unspecified atom stereocenters. The number of fused-ring (bicyclic) bond motifs is 17. The van der Waals surface area contributed by atoms with Crippen molar-refractivity contribution in [3.63, 3.8) is 0 Å². The monoisotopic (exact) mass is 1750 g/mol. The van der Waals surface area contributed by atoms with Gasteiger partial charge in [-0.15, -0.1) is 0 Å². The molecule has 0 N–H and O–H groups in total. The van der Waals surface area contributed by atoms with Gasteiger partial charge in [0.05, 0.1) is 0 Å². The standard InChI is InChI=1S/2C42H26O.C38H24O.6CH4.14H2/c1-2-13-28(14-3-1)40-32-17-6-8-19-34(32)41(35-20-9-7-18-33(35)40)37-22-11-23-38-42(37)36-25-24-29(26-39(36)43-38)31-21-10-15-27-12-4-5-16-30(27)31;1-2-13-28(14-3-1)39-32-16-6-8-18-34(32)40(35-19-9-7-17-33(35)39)36-21-11-23-38-41(36)37-22-10-20-31(42(37)43-38)30-25-24-27-12-4-5-15-29(27)26-30;1-3-12-25(13-4-1)27-22-23-34-33(24-27)38-32(20-11-21-35(38)39-34)37-30-18-9-7-16-28(30)36(26-14-5-2-6-15-26)29-17-8-10-19-31(29)37;;;;;;;;;;;;;;;;;;;;/h2*1-26H;1-24H;6*1H4;14*1H/i;;;6*1D;14*1+1D. The zero-order valence-electron chi connectivity index (χ0n) is 108. The van der Waals surface area contributed by atoms with E-state index in [4.69, 9.17) is 63.1 Å². The summed E-state index contributed by atoms with van der Waals surface area (Å²) in [7, 11) is 7.50. The molecular weight excluding hydrogens is 1590 g/mol. The third-order valence-electron chi connectivity index (χ3n) is 25.6. The molecule has 0 spiro atoms. The van der Waals surface area contributed by atoms with Crippen molar-refractivity contribution in [1.82, 2.24) is 0 Å². The Hall–Kier alpha value is -16.5. The summed E-state index contributed by atoms with van der Waals surface area (Å²) >= 11 is 0. The molecule has 131 heavy (non-hydrogen) atoms. The molecule has 658 valence electrons. The molecule has 0 radical (unpaired) electrons. The van der Waals surface area contributed by atoms with Gasteiger partial charge in [-0.1, -0.05) is 457 Å². The molecule has 3 heterocycles. The number of hydrogen-bond donors (Lipinski definition) is 0. The van der Waals surface area contributed by atoms with Crippen LogP contribution in [0.1, 0.15) is 94.2 Å². The molecule has 0 amide bonds. The highest BCUT2D eigenvalue weighted by Crippen LogP contribution is 2.53. The second kappa shape index (κ2) is 35.8. The Morgan fingerprint density at radius 2 is 0.450 bits per heavy atom. The van der Waals surface area contributed by atoms with Gasteiger partial charge in [0, 0.05) is 87.7 Å². The van der Waals surface area contributed by atoms with Crippen LogP contribution in [-0.2, 0) is 0 Å². The van der Waals surface area contributed by atoms with Crippen LogP contribution in [0.15, 0.2) is 474 Å². The van der Waals surface area contributed by atoms with Gasteiger partial charge in [0.15, 0.2) is 0 Å². The van der Waals surface area contributed by atoms with Crippen LogP contribution in [0.25, 0.3) is 252 Å². The lowest BCUT2D eigenvalue weighted by atomic mass is 9.85. The van der Waals surface area contributed by atoms with Crippen molar-refractivity contribution < 1.29 is 63.1 Å².